The zero-order chi connectivity index (χ0) is 11.1. The molecular weight excluding hydrogens is 186 g/mol. The first-order valence-corrected chi connectivity index (χ1v) is 4.28. The molecule has 0 spiro atoms. The smallest absolute Gasteiger partial charge is 0.130 e. The van der Waals surface area contributed by atoms with Gasteiger partial charge in [0.2, 0.25) is 0 Å². The molecule has 0 atom stereocenters. The Bertz CT molecular complexity index is 474. The van der Waals surface area contributed by atoms with Crippen LogP contribution in [0.2, 0.25) is 0 Å². The largest absolute Gasteiger partial charge is 0.198 e. The van der Waals surface area contributed by atoms with Crippen LogP contribution < -0.4 is 0 Å². The maximum atomic E-state index is 8.54. The molecule has 0 bridgehead atoms. The molecule has 70 valence electrons. The summed E-state index contributed by atoms with van der Waals surface area (Å²) in [6.07, 6.45) is 1.88. The Morgan fingerprint density at radius 1 is 1.07 bits per heavy atom. The highest BCUT2D eigenvalue weighted by Crippen LogP contribution is 2.08. The van der Waals surface area contributed by atoms with Crippen molar-refractivity contribution in [2.24, 2.45) is 0 Å². The third-order valence-corrected chi connectivity index (χ3v) is 1.81. The number of rotatable bonds is 2. The normalized spacial score (nSPS) is 8.07. The highest BCUT2D eigenvalue weighted by molar-refractivity contribution is 5.62. The number of nitrogens with zero attached hydrogens (tertiary/aromatic N) is 3. The van der Waals surface area contributed by atoms with E-state index in [1.165, 1.54) is 6.08 Å². The van der Waals surface area contributed by atoms with Crippen molar-refractivity contribution in [1.29, 1.82) is 15.8 Å². The van der Waals surface area contributed by atoms with Crippen LogP contribution in [-0.2, 0) is 6.42 Å². The van der Waals surface area contributed by atoms with E-state index in [-0.39, 0.29) is 5.57 Å². The Hall–Kier alpha value is -2.57. The number of hydrogen-bond donors (Lipinski definition) is 0. The molecule has 0 aliphatic carbocycles. The average molecular weight is 193 g/mol. The predicted molar refractivity (Wildman–Crippen MR) is 55.0 cm³/mol. The molecule has 0 aliphatic heterocycles. The molecule has 0 heterocycles. The lowest BCUT2D eigenvalue weighted by Gasteiger charge is -1.95. The predicted octanol–water partition coefficient (Wildman–Crippen LogP) is 2.18. The number of benzene rings is 1. The Morgan fingerprint density at radius 3 is 2.13 bits per heavy atom. The van der Waals surface area contributed by atoms with Gasteiger partial charge in [-0.05, 0) is 17.2 Å². The molecule has 1 aromatic carbocycles. The fourth-order valence-corrected chi connectivity index (χ4v) is 1.08. The van der Waals surface area contributed by atoms with E-state index >= 15 is 0 Å². The van der Waals surface area contributed by atoms with Crippen LogP contribution in [0.15, 0.2) is 29.8 Å². The molecule has 0 unspecified atom stereocenters. The quantitative estimate of drug-likeness (QED) is 0.676. The van der Waals surface area contributed by atoms with Crippen molar-refractivity contribution < 1.29 is 0 Å². The van der Waals surface area contributed by atoms with Gasteiger partial charge in [0.05, 0.1) is 12.5 Å². The van der Waals surface area contributed by atoms with Crippen LogP contribution in [0.5, 0.6) is 0 Å². The second-order valence-electron chi connectivity index (χ2n) is 2.86. The van der Waals surface area contributed by atoms with E-state index in [2.05, 4.69) is 0 Å². The number of allylic oxidation sites excluding steroid dienone is 1. The first-order valence-electron chi connectivity index (χ1n) is 4.28. The average Bonchev–Trinajstić information content (AvgIpc) is 2.28. The monoisotopic (exact) mass is 193 g/mol. The molecule has 3 nitrogen and oxygen atoms in total. The van der Waals surface area contributed by atoms with Crippen molar-refractivity contribution in [2.45, 2.75) is 6.42 Å². The van der Waals surface area contributed by atoms with Crippen LogP contribution in [0.4, 0.5) is 0 Å². The third-order valence-electron chi connectivity index (χ3n) is 1.81. The molecule has 15 heavy (non-hydrogen) atoms. The minimum absolute atomic E-state index is 0.0723. The molecule has 0 saturated heterocycles. The van der Waals surface area contributed by atoms with Crippen molar-refractivity contribution in [3.63, 3.8) is 0 Å². The van der Waals surface area contributed by atoms with Crippen molar-refractivity contribution in [2.75, 3.05) is 0 Å². The van der Waals surface area contributed by atoms with Crippen LogP contribution >= 0.6 is 0 Å². The summed E-state index contributed by atoms with van der Waals surface area (Å²) in [5.41, 5.74) is 1.78. The van der Waals surface area contributed by atoms with Crippen molar-refractivity contribution in [3.8, 4) is 18.2 Å². The van der Waals surface area contributed by atoms with Crippen LogP contribution in [0.3, 0.4) is 0 Å². The number of hydrogen-bond acceptors (Lipinski definition) is 3. The molecule has 0 saturated carbocycles. The van der Waals surface area contributed by atoms with E-state index in [0.717, 1.165) is 11.1 Å². The van der Waals surface area contributed by atoms with Gasteiger partial charge in [-0.1, -0.05) is 24.3 Å². The highest BCUT2D eigenvalue weighted by atomic mass is 14.3. The van der Waals surface area contributed by atoms with Gasteiger partial charge in [-0.25, -0.2) is 0 Å². The van der Waals surface area contributed by atoms with E-state index in [4.69, 9.17) is 15.8 Å². The van der Waals surface area contributed by atoms with Crippen molar-refractivity contribution >= 4 is 6.08 Å². The van der Waals surface area contributed by atoms with Gasteiger partial charge < -0.3 is 0 Å². The molecule has 0 fully saturated rings. The fraction of sp³-hybridized carbons (Fsp3) is 0.0833. The van der Waals surface area contributed by atoms with Gasteiger partial charge in [0, 0.05) is 0 Å². The maximum absolute atomic E-state index is 8.54. The summed E-state index contributed by atoms with van der Waals surface area (Å²) in [5, 5.41) is 25.5. The van der Waals surface area contributed by atoms with Gasteiger partial charge in [-0.15, -0.1) is 0 Å². The minimum atomic E-state index is 0.0723. The van der Waals surface area contributed by atoms with Gasteiger partial charge in [0.25, 0.3) is 0 Å². The van der Waals surface area contributed by atoms with Gasteiger partial charge in [0.15, 0.2) is 0 Å². The second-order valence-corrected chi connectivity index (χ2v) is 2.86. The van der Waals surface area contributed by atoms with Gasteiger partial charge in [0.1, 0.15) is 17.7 Å². The fourth-order valence-electron chi connectivity index (χ4n) is 1.08. The van der Waals surface area contributed by atoms with E-state index in [1.807, 2.05) is 6.07 Å². The summed E-state index contributed by atoms with van der Waals surface area (Å²) in [5.74, 6) is 0. The first kappa shape index (κ1) is 10.5. The molecule has 0 amide bonds. The van der Waals surface area contributed by atoms with Gasteiger partial charge in [-0.3, -0.25) is 0 Å². The number of nitriles is 3. The van der Waals surface area contributed by atoms with Crippen LogP contribution in [0.1, 0.15) is 11.1 Å². The minimum Gasteiger partial charge on any atom is -0.198 e. The van der Waals surface area contributed by atoms with E-state index in [1.54, 1.807) is 36.4 Å². The molecule has 0 aliphatic rings. The molecule has 3 heteroatoms. The Balaban J connectivity index is 2.93. The van der Waals surface area contributed by atoms with Crippen molar-refractivity contribution in [3.05, 3.63) is 41.0 Å². The summed E-state index contributed by atoms with van der Waals surface area (Å²) in [4.78, 5) is 0. The van der Waals surface area contributed by atoms with Gasteiger partial charge in [-0.2, -0.15) is 15.8 Å². The third kappa shape index (κ3) is 2.99. The summed E-state index contributed by atoms with van der Waals surface area (Å²) < 4.78 is 0. The van der Waals surface area contributed by atoms with E-state index < -0.39 is 0 Å². The van der Waals surface area contributed by atoms with E-state index in [9.17, 15) is 0 Å². The van der Waals surface area contributed by atoms with Crippen LogP contribution in [0, 0.1) is 34.0 Å². The van der Waals surface area contributed by atoms with Gasteiger partial charge >= 0.3 is 0 Å². The highest BCUT2D eigenvalue weighted by Gasteiger charge is 1.95. The lowest BCUT2D eigenvalue weighted by molar-refractivity contribution is 1.26. The maximum Gasteiger partial charge on any atom is 0.130 e. The summed E-state index contributed by atoms with van der Waals surface area (Å²) in [6, 6.07) is 12.8. The summed E-state index contributed by atoms with van der Waals surface area (Å²) in [6.45, 7) is 0. The topological polar surface area (TPSA) is 71.4 Å². The SMILES string of the molecule is N#CCc1ccc(C=C(C#N)C#N)cc1. The van der Waals surface area contributed by atoms with Crippen molar-refractivity contribution in [1.82, 2.24) is 0 Å². The Morgan fingerprint density at radius 2 is 1.67 bits per heavy atom. The standard InChI is InChI=1S/C12H7N3/c13-6-5-10-1-3-11(4-2-10)7-12(8-14)9-15/h1-4,7H,5H2. The molecule has 1 rings (SSSR count). The Kier molecular flexibility index (Phi) is 3.66. The van der Waals surface area contributed by atoms with Crippen LogP contribution in [-0.4, -0.2) is 0 Å². The zero-order valence-electron chi connectivity index (χ0n) is 7.94. The Labute approximate surface area is 88.1 Å². The lowest BCUT2D eigenvalue weighted by Crippen LogP contribution is -1.81. The zero-order valence-corrected chi connectivity index (χ0v) is 7.94. The lowest BCUT2D eigenvalue weighted by atomic mass is 10.1. The van der Waals surface area contributed by atoms with Crippen LogP contribution in [0.25, 0.3) is 6.08 Å². The first-order chi connectivity index (χ1) is 7.30. The molecular formula is C12H7N3. The molecule has 0 aromatic heterocycles. The summed E-state index contributed by atoms with van der Waals surface area (Å²) in [7, 11) is 0. The molecule has 0 N–H and O–H groups in total. The van der Waals surface area contributed by atoms with E-state index in [0.29, 0.717) is 6.42 Å². The summed E-state index contributed by atoms with van der Waals surface area (Å²) >= 11 is 0. The second kappa shape index (κ2) is 5.22. The molecule has 1 aromatic rings. The molecule has 0 radical (unpaired) electrons.